The fraction of sp³-hybridized carbons (Fsp3) is 0.0625. The van der Waals surface area contributed by atoms with Crippen LogP contribution in [0.1, 0.15) is 10.4 Å². The maximum Gasteiger partial charge on any atom is 0.337 e. The molecular weight excluding hydrogens is 334 g/mol. The maximum absolute atomic E-state index is 11.9. The number of methoxy groups -OCH3 is 1. The molecule has 4 N–H and O–H groups in total. The fourth-order valence-corrected chi connectivity index (χ4v) is 2.04. The molecule has 0 fully saturated rings. The summed E-state index contributed by atoms with van der Waals surface area (Å²) in [6.45, 7) is 0. The van der Waals surface area contributed by atoms with E-state index in [0.29, 0.717) is 16.9 Å². The number of carbonyl (C=O) groups excluding carboxylic acids is 3. The molecule has 2 rings (SSSR count). The molecule has 0 spiro atoms. The van der Waals surface area contributed by atoms with Crippen LogP contribution in [0, 0.1) is 0 Å². The summed E-state index contributed by atoms with van der Waals surface area (Å²) in [5, 5.41) is 5.01. The number of amides is 2. The molecule has 0 saturated carbocycles. The van der Waals surface area contributed by atoms with E-state index in [0.717, 1.165) is 0 Å². The van der Waals surface area contributed by atoms with E-state index >= 15 is 0 Å². The predicted molar refractivity (Wildman–Crippen MR) is 90.9 cm³/mol. The van der Waals surface area contributed by atoms with Gasteiger partial charge in [-0.3, -0.25) is 9.59 Å². The standard InChI is InChI=1S/C16H14ClN3O4/c1-24-16(23)9-2-5-11(6-3-9)19-14(21)15(22)20-13-7-4-10(18)8-12(13)17/h2-8H,18H2,1H3,(H,19,21)(H,20,22). The molecule has 124 valence electrons. The van der Waals surface area contributed by atoms with Gasteiger partial charge in [-0.2, -0.15) is 0 Å². The summed E-state index contributed by atoms with van der Waals surface area (Å²) in [4.78, 5) is 35.1. The van der Waals surface area contributed by atoms with Crippen LogP contribution in [0.5, 0.6) is 0 Å². The van der Waals surface area contributed by atoms with Crippen molar-refractivity contribution in [1.82, 2.24) is 0 Å². The number of halogens is 1. The molecule has 2 amide bonds. The summed E-state index contributed by atoms with van der Waals surface area (Å²) >= 11 is 5.93. The van der Waals surface area contributed by atoms with Crippen molar-refractivity contribution in [2.45, 2.75) is 0 Å². The normalized spacial score (nSPS) is 9.92. The first-order valence-corrected chi connectivity index (χ1v) is 7.14. The molecule has 2 aromatic rings. The van der Waals surface area contributed by atoms with Crippen LogP contribution >= 0.6 is 11.6 Å². The molecule has 0 bridgehead atoms. The van der Waals surface area contributed by atoms with Crippen LogP contribution in [-0.2, 0) is 14.3 Å². The van der Waals surface area contributed by atoms with Gasteiger partial charge in [0.25, 0.3) is 0 Å². The second-order valence-corrected chi connectivity index (χ2v) is 5.12. The van der Waals surface area contributed by atoms with E-state index in [1.165, 1.54) is 43.5 Å². The Labute approximate surface area is 142 Å². The number of ether oxygens (including phenoxy) is 1. The number of anilines is 3. The van der Waals surface area contributed by atoms with E-state index < -0.39 is 17.8 Å². The number of rotatable bonds is 3. The van der Waals surface area contributed by atoms with Crippen molar-refractivity contribution < 1.29 is 19.1 Å². The fourth-order valence-electron chi connectivity index (χ4n) is 1.81. The largest absolute Gasteiger partial charge is 0.465 e. The minimum Gasteiger partial charge on any atom is -0.465 e. The van der Waals surface area contributed by atoms with Gasteiger partial charge in [-0.1, -0.05) is 11.6 Å². The third-order valence-electron chi connectivity index (χ3n) is 3.01. The number of nitrogens with two attached hydrogens (primary N) is 1. The lowest BCUT2D eigenvalue weighted by molar-refractivity contribution is -0.132. The summed E-state index contributed by atoms with van der Waals surface area (Å²) in [5.41, 5.74) is 6.94. The van der Waals surface area contributed by atoms with Crippen molar-refractivity contribution >= 4 is 46.4 Å². The molecule has 0 aliphatic carbocycles. The van der Waals surface area contributed by atoms with Crippen molar-refractivity contribution in [3.05, 3.63) is 53.1 Å². The Hall–Kier alpha value is -3.06. The van der Waals surface area contributed by atoms with Gasteiger partial charge in [0.05, 0.1) is 23.4 Å². The van der Waals surface area contributed by atoms with Crippen LogP contribution in [0.15, 0.2) is 42.5 Å². The smallest absolute Gasteiger partial charge is 0.337 e. The van der Waals surface area contributed by atoms with Crippen molar-refractivity contribution in [3.63, 3.8) is 0 Å². The van der Waals surface area contributed by atoms with Gasteiger partial charge in [-0.15, -0.1) is 0 Å². The molecule has 2 aromatic carbocycles. The number of carbonyl (C=O) groups is 3. The zero-order valence-corrected chi connectivity index (χ0v) is 13.4. The van der Waals surface area contributed by atoms with E-state index in [9.17, 15) is 14.4 Å². The average Bonchev–Trinajstić information content (AvgIpc) is 2.57. The number of hydrogen-bond donors (Lipinski definition) is 3. The quantitative estimate of drug-likeness (QED) is 0.448. The van der Waals surface area contributed by atoms with E-state index in [4.69, 9.17) is 17.3 Å². The van der Waals surface area contributed by atoms with Gasteiger partial charge in [-0.25, -0.2) is 4.79 Å². The lowest BCUT2D eigenvalue weighted by Crippen LogP contribution is -2.29. The number of benzene rings is 2. The molecule has 0 radical (unpaired) electrons. The zero-order chi connectivity index (χ0) is 17.7. The van der Waals surface area contributed by atoms with Crippen LogP contribution in [0.2, 0.25) is 5.02 Å². The Bertz CT molecular complexity index is 790. The highest BCUT2D eigenvalue weighted by molar-refractivity contribution is 6.44. The van der Waals surface area contributed by atoms with Crippen molar-refractivity contribution in [3.8, 4) is 0 Å². The summed E-state index contributed by atoms with van der Waals surface area (Å²) in [6.07, 6.45) is 0. The first kappa shape index (κ1) is 17.3. The summed E-state index contributed by atoms with van der Waals surface area (Å²) < 4.78 is 4.57. The van der Waals surface area contributed by atoms with Crippen LogP contribution in [0.4, 0.5) is 17.1 Å². The van der Waals surface area contributed by atoms with Crippen LogP contribution in [0.3, 0.4) is 0 Å². The van der Waals surface area contributed by atoms with Crippen molar-refractivity contribution in [2.75, 3.05) is 23.5 Å². The summed E-state index contributed by atoms with van der Waals surface area (Å²) in [5.74, 6) is -2.27. The SMILES string of the molecule is COC(=O)c1ccc(NC(=O)C(=O)Nc2ccc(N)cc2Cl)cc1. The second kappa shape index (κ2) is 7.47. The first-order valence-electron chi connectivity index (χ1n) is 6.76. The van der Waals surface area contributed by atoms with Crippen LogP contribution in [0.25, 0.3) is 0 Å². The van der Waals surface area contributed by atoms with Crippen LogP contribution in [-0.4, -0.2) is 24.9 Å². The Morgan fingerprint density at radius 3 is 2.21 bits per heavy atom. The Balaban J connectivity index is 2.01. The predicted octanol–water partition coefficient (Wildman–Crippen LogP) is 2.29. The molecule has 8 heteroatoms. The zero-order valence-electron chi connectivity index (χ0n) is 12.6. The minimum absolute atomic E-state index is 0.221. The second-order valence-electron chi connectivity index (χ2n) is 4.72. The van der Waals surface area contributed by atoms with Gasteiger partial charge in [0.15, 0.2) is 0 Å². The number of hydrogen-bond acceptors (Lipinski definition) is 5. The van der Waals surface area contributed by atoms with Gasteiger partial charge < -0.3 is 21.1 Å². The van der Waals surface area contributed by atoms with E-state index in [1.54, 1.807) is 6.07 Å². The van der Waals surface area contributed by atoms with E-state index in [-0.39, 0.29) is 10.7 Å². The minimum atomic E-state index is -0.890. The molecule has 0 unspecified atom stereocenters. The lowest BCUT2D eigenvalue weighted by Gasteiger charge is -2.08. The number of nitrogen functional groups attached to an aromatic ring is 1. The number of nitrogens with one attached hydrogen (secondary N) is 2. The highest BCUT2D eigenvalue weighted by Crippen LogP contribution is 2.24. The van der Waals surface area contributed by atoms with Crippen molar-refractivity contribution in [1.29, 1.82) is 0 Å². The third-order valence-corrected chi connectivity index (χ3v) is 3.32. The number of esters is 1. The Morgan fingerprint density at radius 2 is 1.62 bits per heavy atom. The van der Waals surface area contributed by atoms with Gasteiger partial charge in [0.1, 0.15) is 0 Å². The highest BCUT2D eigenvalue weighted by Gasteiger charge is 2.16. The molecule has 0 aromatic heterocycles. The average molecular weight is 348 g/mol. The van der Waals surface area contributed by atoms with Gasteiger partial charge in [-0.05, 0) is 42.5 Å². The van der Waals surface area contributed by atoms with E-state index in [2.05, 4.69) is 15.4 Å². The monoisotopic (exact) mass is 347 g/mol. The van der Waals surface area contributed by atoms with Gasteiger partial charge in [0.2, 0.25) is 0 Å². The van der Waals surface area contributed by atoms with Crippen LogP contribution < -0.4 is 16.4 Å². The van der Waals surface area contributed by atoms with E-state index in [1.807, 2.05) is 0 Å². The molecule has 0 saturated heterocycles. The van der Waals surface area contributed by atoms with Gasteiger partial charge in [0, 0.05) is 11.4 Å². The molecule has 0 aliphatic rings. The molecule has 0 atom stereocenters. The topological polar surface area (TPSA) is 111 Å². The first-order chi connectivity index (χ1) is 11.4. The Morgan fingerprint density at radius 1 is 1.00 bits per heavy atom. The molecule has 0 heterocycles. The molecule has 7 nitrogen and oxygen atoms in total. The molecular formula is C16H14ClN3O4. The Kier molecular flexibility index (Phi) is 5.39. The van der Waals surface area contributed by atoms with Crippen molar-refractivity contribution in [2.24, 2.45) is 0 Å². The maximum atomic E-state index is 11.9. The third kappa shape index (κ3) is 4.23. The highest BCUT2D eigenvalue weighted by atomic mass is 35.5. The molecule has 24 heavy (non-hydrogen) atoms. The summed E-state index contributed by atoms with van der Waals surface area (Å²) in [7, 11) is 1.27. The lowest BCUT2D eigenvalue weighted by atomic mass is 10.2. The van der Waals surface area contributed by atoms with Gasteiger partial charge >= 0.3 is 17.8 Å². The molecule has 0 aliphatic heterocycles. The summed E-state index contributed by atoms with van der Waals surface area (Å²) in [6, 6.07) is 10.4.